The van der Waals surface area contributed by atoms with Gasteiger partial charge in [0, 0.05) is 19.4 Å². The van der Waals surface area contributed by atoms with E-state index in [0.29, 0.717) is 19.4 Å². The van der Waals surface area contributed by atoms with E-state index in [1.807, 2.05) is 0 Å². The first kappa shape index (κ1) is 60.6. The number of carbonyl (C=O) groups excluding carboxylic acids is 2. The molecule has 1 unspecified atom stereocenters. The number of carbonyl (C=O) groups is 2. The average molecular weight is 887 g/mol. The summed E-state index contributed by atoms with van der Waals surface area (Å²) in [4.78, 5) is 25.4. The Morgan fingerprint density at radius 3 is 1.19 bits per heavy atom. The summed E-state index contributed by atoms with van der Waals surface area (Å²) in [5.41, 5.74) is 0. The summed E-state index contributed by atoms with van der Waals surface area (Å²) in [7, 11) is 0. The fourth-order valence-electron chi connectivity index (χ4n) is 6.91. The van der Waals surface area contributed by atoms with E-state index < -0.39 is 6.10 Å². The minimum atomic E-state index is -0.574. The minimum Gasteiger partial charge on any atom is -0.462 e. The molecule has 0 aromatic heterocycles. The van der Waals surface area contributed by atoms with Crippen LogP contribution in [0.25, 0.3) is 0 Å². The second-order valence-electron chi connectivity index (χ2n) is 17.0. The third kappa shape index (κ3) is 51.2. The molecule has 0 heterocycles. The van der Waals surface area contributed by atoms with Gasteiger partial charge in [0.1, 0.15) is 6.61 Å². The zero-order valence-corrected chi connectivity index (χ0v) is 41.8. The molecule has 0 saturated carbocycles. The second kappa shape index (κ2) is 53.9. The predicted octanol–water partition coefficient (Wildman–Crippen LogP) is 18.0. The van der Waals surface area contributed by atoms with Gasteiger partial charge >= 0.3 is 11.9 Å². The molecule has 0 aliphatic carbocycles. The Labute approximate surface area is 395 Å². The fourth-order valence-corrected chi connectivity index (χ4v) is 6.91. The van der Waals surface area contributed by atoms with Crippen LogP contribution in [0.1, 0.15) is 226 Å². The summed E-state index contributed by atoms with van der Waals surface area (Å²) < 4.78 is 17.4. The van der Waals surface area contributed by atoms with E-state index >= 15 is 0 Å². The Balaban J connectivity index is 4.40. The summed E-state index contributed by atoms with van der Waals surface area (Å²) in [5.74, 6) is -0.483. The summed E-state index contributed by atoms with van der Waals surface area (Å²) in [6.45, 7) is 7.50. The van der Waals surface area contributed by atoms with E-state index in [2.05, 4.69) is 130 Å². The lowest BCUT2D eigenvalue weighted by Crippen LogP contribution is -2.30. The monoisotopic (exact) mass is 887 g/mol. The van der Waals surface area contributed by atoms with Crippen molar-refractivity contribution >= 4 is 11.9 Å². The Bertz CT molecular complexity index is 1280. The molecule has 0 aliphatic heterocycles. The van der Waals surface area contributed by atoms with Crippen molar-refractivity contribution in [3.63, 3.8) is 0 Å². The van der Waals surface area contributed by atoms with Crippen LogP contribution in [-0.4, -0.2) is 37.9 Å². The van der Waals surface area contributed by atoms with Gasteiger partial charge in [-0.3, -0.25) is 9.59 Å². The molecule has 0 N–H and O–H groups in total. The van der Waals surface area contributed by atoms with Gasteiger partial charge < -0.3 is 14.2 Å². The van der Waals surface area contributed by atoms with E-state index in [1.54, 1.807) is 0 Å². The molecule has 0 amide bonds. The molecule has 0 aromatic carbocycles. The highest BCUT2D eigenvalue weighted by Crippen LogP contribution is 2.13. The van der Waals surface area contributed by atoms with Crippen molar-refractivity contribution < 1.29 is 23.8 Å². The molecule has 0 aliphatic rings. The molecule has 0 rings (SSSR count). The molecule has 5 nitrogen and oxygen atoms in total. The molecule has 1 atom stereocenters. The lowest BCUT2D eigenvalue weighted by atomic mass is 10.1. The van der Waals surface area contributed by atoms with Crippen molar-refractivity contribution in [2.45, 2.75) is 232 Å². The summed E-state index contributed by atoms with van der Waals surface area (Å²) in [6, 6.07) is 0. The van der Waals surface area contributed by atoms with Crippen molar-refractivity contribution in [3.8, 4) is 0 Å². The Morgan fingerprint density at radius 2 is 0.719 bits per heavy atom. The zero-order valence-electron chi connectivity index (χ0n) is 41.8. The smallest absolute Gasteiger partial charge is 0.306 e. The number of hydrogen-bond acceptors (Lipinski definition) is 5. The maximum atomic E-state index is 12.8. The van der Waals surface area contributed by atoms with Crippen LogP contribution in [0, 0.1) is 0 Å². The van der Waals surface area contributed by atoms with Gasteiger partial charge in [0.05, 0.1) is 6.61 Å². The van der Waals surface area contributed by atoms with E-state index in [1.165, 1.54) is 89.9 Å². The lowest BCUT2D eigenvalue weighted by Gasteiger charge is -2.18. The van der Waals surface area contributed by atoms with Crippen LogP contribution in [0.15, 0.2) is 109 Å². The molecule has 0 fully saturated rings. The standard InChI is InChI=1S/C59H98O5/c1-4-7-10-13-16-19-22-25-28-30-32-34-37-40-43-46-49-52-58(60)63-56-57(55-62-54-51-48-45-42-39-36-27-24-21-18-15-12-9-6-3)64-59(61)53-50-47-44-41-38-35-33-31-29-26-23-20-17-14-11-8-5-2/h7-8,10-11,16-17,19-21,24-26,28-29,32,34,40,43,57H,4-6,9,12-15,18,22-23,27,30-31,33,35-39,41-42,44-56H2,1-3H3/b10-7-,11-8-,19-16-,20-17-,24-21-,28-25-,29-26-,34-32-,43-40-. The van der Waals surface area contributed by atoms with Gasteiger partial charge in [-0.1, -0.05) is 207 Å². The number of allylic oxidation sites excluding steroid dienone is 18. The highest BCUT2D eigenvalue weighted by molar-refractivity contribution is 5.70. The van der Waals surface area contributed by atoms with Crippen molar-refractivity contribution in [2.24, 2.45) is 0 Å². The molecular weight excluding hydrogens is 789 g/mol. The van der Waals surface area contributed by atoms with Crippen LogP contribution >= 0.6 is 0 Å². The van der Waals surface area contributed by atoms with Gasteiger partial charge in [0.15, 0.2) is 6.10 Å². The third-order valence-corrected chi connectivity index (χ3v) is 10.8. The first-order chi connectivity index (χ1) is 31.6. The van der Waals surface area contributed by atoms with E-state index in [9.17, 15) is 9.59 Å². The molecular formula is C59H98O5. The molecule has 0 radical (unpaired) electrons. The molecule has 0 saturated heterocycles. The second-order valence-corrected chi connectivity index (χ2v) is 17.0. The lowest BCUT2D eigenvalue weighted by molar-refractivity contribution is -0.163. The van der Waals surface area contributed by atoms with Gasteiger partial charge in [-0.15, -0.1) is 0 Å². The van der Waals surface area contributed by atoms with Crippen molar-refractivity contribution in [2.75, 3.05) is 19.8 Å². The van der Waals surface area contributed by atoms with Gasteiger partial charge in [-0.2, -0.15) is 0 Å². The van der Waals surface area contributed by atoms with Crippen molar-refractivity contribution in [1.29, 1.82) is 0 Å². The largest absolute Gasteiger partial charge is 0.462 e. The van der Waals surface area contributed by atoms with Crippen LogP contribution < -0.4 is 0 Å². The van der Waals surface area contributed by atoms with E-state index in [0.717, 1.165) is 103 Å². The summed E-state index contributed by atoms with van der Waals surface area (Å²) in [6.07, 6.45) is 73.9. The predicted molar refractivity (Wildman–Crippen MR) is 279 cm³/mol. The number of unbranched alkanes of at least 4 members (excludes halogenated alkanes) is 18. The SMILES string of the molecule is CC/C=C\C/C=C\C/C=C\C/C=C\C/C=C\CCCC(=O)OCC(COCCCCCCCC/C=C\CCCCCC)OC(=O)CCCCCCCCC/C=C\C/C=C\C/C=C\CC. The van der Waals surface area contributed by atoms with Crippen molar-refractivity contribution in [3.05, 3.63) is 109 Å². The molecule has 0 spiro atoms. The van der Waals surface area contributed by atoms with Crippen molar-refractivity contribution in [1.82, 2.24) is 0 Å². The quantitative estimate of drug-likeness (QED) is 0.0346. The van der Waals surface area contributed by atoms with Crippen LogP contribution in [0.2, 0.25) is 0 Å². The molecule has 64 heavy (non-hydrogen) atoms. The van der Waals surface area contributed by atoms with E-state index in [4.69, 9.17) is 14.2 Å². The van der Waals surface area contributed by atoms with Gasteiger partial charge in [-0.05, 0) is 116 Å². The van der Waals surface area contributed by atoms with E-state index in [-0.39, 0.29) is 25.2 Å². The number of hydrogen-bond donors (Lipinski definition) is 0. The molecule has 5 heteroatoms. The maximum absolute atomic E-state index is 12.8. The highest BCUT2D eigenvalue weighted by atomic mass is 16.6. The number of ether oxygens (including phenoxy) is 3. The molecule has 364 valence electrons. The Kier molecular flexibility index (Phi) is 51.0. The number of esters is 2. The van der Waals surface area contributed by atoms with Crippen LogP contribution in [0.4, 0.5) is 0 Å². The van der Waals surface area contributed by atoms with Gasteiger partial charge in [0.2, 0.25) is 0 Å². The normalized spacial score (nSPS) is 13.1. The van der Waals surface area contributed by atoms with Crippen LogP contribution in [0.5, 0.6) is 0 Å². The first-order valence-corrected chi connectivity index (χ1v) is 26.4. The minimum absolute atomic E-state index is 0.0436. The summed E-state index contributed by atoms with van der Waals surface area (Å²) in [5, 5.41) is 0. The topological polar surface area (TPSA) is 61.8 Å². The Hall–Kier alpha value is -3.44. The average Bonchev–Trinajstić information content (AvgIpc) is 3.30. The maximum Gasteiger partial charge on any atom is 0.306 e. The summed E-state index contributed by atoms with van der Waals surface area (Å²) >= 11 is 0. The highest BCUT2D eigenvalue weighted by Gasteiger charge is 2.17. The first-order valence-electron chi connectivity index (χ1n) is 26.4. The van der Waals surface area contributed by atoms with Crippen LogP contribution in [-0.2, 0) is 23.8 Å². The fraction of sp³-hybridized carbons (Fsp3) is 0.661. The zero-order chi connectivity index (χ0) is 46.3. The van der Waals surface area contributed by atoms with Crippen LogP contribution in [0.3, 0.4) is 0 Å². The molecule has 0 aromatic rings. The van der Waals surface area contributed by atoms with Gasteiger partial charge in [0.25, 0.3) is 0 Å². The molecule has 0 bridgehead atoms. The third-order valence-electron chi connectivity index (χ3n) is 10.8. The Morgan fingerprint density at radius 1 is 0.359 bits per heavy atom. The number of rotatable bonds is 47. The van der Waals surface area contributed by atoms with Gasteiger partial charge in [-0.25, -0.2) is 0 Å².